The number of hydrogen-bond donors (Lipinski definition) is 2. The Morgan fingerprint density at radius 1 is 1.42 bits per heavy atom. The molecule has 0 atom stereocenters. The summed E-state index contributed by atoms with van der Waals surface area (Å²) in [5.74, 6) is 1.64. The van der Waals surface area contributed by atoms with Gasteiger partial charge in [0.2, 0.25) is 0 Å². The van der Waals surface area contributed by atoms with Crippen LogP contribution in [0.3, 0.4) is 0 Å². The Bertz CT molecular complexity index is 272. The van der Waals surface area contributed by atoms with Crippen molar-refractivity contribution in [3.05, 3.63) is 11.6 Å². The highest BCUT2D eigenvalue weighted by atomic mass is 15.2. The molecular formula is C8H14N4. The average Bonchev–Trinajstić information content (AvgIpc) is 2.59. The molecule has 0 amide bonds. The van der Waals surface area contributed by atoms with Crippen LogP contribution in [0.5, 0.6) is 0 Å². The van der Waals surface area contributed by atoms with Crippen LogP contribution in [0.15, 0.2) is 0 Å². The number of aromatic nitrogens is 3. The van der Waals surface area contributed by atoms with Crippen LogP contribution in [0.1, 0.15) is 37.3 Å². The minimum atomic E-state index is -0.245. The molecule has 1 aromatic rings. The predicted octanol–water partition coefficient (Wildman–Crippen LogP) is 0.841. The number of hydrogen-bond acceptors (Lipinski definition) is 3. The first-order valence-electron chi connectivity index (χ1n) is 4.39. The average molecular weight is 166 g/mol. The summed E-state index contributed by atoms with van der Waals surface area (Å²) in [7, 11) is 0. The van der Waals surface area contributed by atoms with Crippen LogP contribution >= 0.6 is 0 Å². The van der Waals surface area contributed by atoms with Gasteiger partial charge in [-0.15, -0.1) is 0 Å². The van der Waals surface area contributed by atoms with E-state index in [2.05, 4.69) is 15.2 Å². The van der Waals surface area contributed by atoms with Gasteiger partial charge >= 0.3 is 0 Å². The van der Waals surface area contributed by atoms with E-state index in [0.717, 1.165) is 24.5 Å². The van der Waals surface area contributed by atoms with Gasteiger partial charge in [0.1, 0.15) is 5.82 Å². The van der Waals surface area contributed by atoms with Crippen molar-refractivity contribution in [1.82, 2.24) is 15.2 Å². The fourth-order valence-electron chi connectivity index (χ4n) is 1.79. The van der Waals surface area contributed by atoms with E-state index in [9.17, 15) is 0 Å². The van der Waals surface area contributed by atoms with Crippen molar-refractivity contribution in [2.24, 2.45) is 5.73 Å². The molecule has 1 fully saturated rings. The van der Waals surface area contributed by atoms with E-state index in [4.69, 9.17) is 5.73 Å². The van der Waals surface area contributed by atoms with Crippen molar-refractivity contribution in [3.8, 4) is 0 Å². The maximum atomic E-state index is 6.15. The molecule has 0 spiro atoms. The zero-order chi connectivity index (χ0) is 8.60. The molecule has 0 saturated heterocycles. The molecule has 0 aliphatic heterocycles. The summed E-state index contributed by atoms with van der Waals surface area (Å²) < 4.78 is 0. The number of nitrogens with two attached hydrogens (primary N) is 1. The summed E-state index contributed by atoms with van der Waals surface area (Å²) in [6.45, 7) is 1.90. The van der Waals surface area contributed by atoms with E-state index in [1.54, 1.807) is 0 Å². The monoisotopic (exact) mass is 166 g/mol. The van der Waals surface area contributed by atoms with Gasteiger partial charge in [0.15, 0.2) is 5.82 Å². The second-order valence-electron chi connectivity index (χ2n) is 3.61. The van der Waals surface area contributed by atoms with Crippen LogP contribution in [0, 0.1) is 6.92 Å². The van der Waals surface area contributed by atoms with Gasteiger partial charge in [-0.25, -0.2) is 4.98 Å². The fraction of sp³-hybridized carbons (Fsp3) is 0.750. The summed E-state index contributed by atoms with van der Waals surface area (Å²) in [6.07, 6.45) is 4.43. The predicted molar refractivity (Wildman–Crippen MR) is 45.5 cm³/mol. The fourth-order valence-corrected chi connectivity index (χ4v) is 1.79. The molecule has 0 unspecified atom stereocenters. The lowest BCUT2D eigenvalue weighted by atomic mass is 9.99. The number of nitrogens with zero attached hydrogens (tertiary/aromatic N) is 2. The zero-order valence-electron chi connectivity index (χ0n) is 7.30. The standard InChI is InChI=1S/C8H14N4/c1-6-10-7(12-11-6)8(9)4-2-3-5-8/h2-5,9H2,1H3,(H,10,11,12). The van der Waals surface area contributed by atoms with Crippen LogP contribution in [0.2, 0.25) is 0 Å². The third-order valence-corrected chi connectivity index (χ3v) is 2.54. The Hall–Kier alpha value is -0.900. The number of H-pyrrole nitrogens is 1. The van der Waals surface area contributed by atoms with Crippen molar-refractivity contribution in [1.29, 1.82) is 0 Å². The Kier molecular flexibility index (Phi) is 1.65. The highest BCUT2D eigenvalue weighted by molar-refractivity contribution is 5.07. The SMILES string of the molecule is Cc1nc(C2(N)CCCC2)n[nH]1. The number of rotatable bonds is 1. The van der Waals surface area contributed by atoms with Crippen molar-refractivity contribution >= 4 is 0 Å². The molecule has 4 heteroatoms. The molecule has 0 aromatic carbocycles. The Morgan fingerprint density at radius 2 is 2.08 bits per heavy atom. The van der Waals surface area contributed by atoms with Crippen molar-refractivity contribution in [2.75, 3.05) is 0 Å². The summed E-state index contributed by atoms with van der Waals surface area (Å²) in [5, 5.41) is 6.94. The maximum absolute atomic E-state index is 6.15. The second-order valence-corrected chi connectivity index (χ2v) is 3.61. The lowest BCUT2D eigenvalue weighted by molar-refractivity contribution is 0.433. The van der Waals surface area contributed by atoms with Crippen LogP contribution < -0.4 is 5.73 Å². The molecule has 3 N–H and O–H groups in total. The molecule has 0 bridgehead atoms. The molecule has 66 valence electrons. The second kappa shape index (κ2) is 2.55. The quantitative estimate of drug-likeness (QED) is 0.649. The minimum Gasteiger partial charge on any atom is -0.319 e. The molecule has 12 heavy (non-hydrogen) atoms. The summed E-state index contributed by atoms with van der Waals surface area (Å²) >= 11 is 0. The number of aryl methyl sites for hydroxylation is 1. The van der Waals surface area contributed by atoms with Crippen LogP contribution in [-0.4, -0.2) is 15.2 Å². The van der Waals surface area contributed by atoms with Gasteiger partial charge in [0, 0.05) is 0 Å². The molecule has 1 aliphatic carbocycles. The van der Waals surface area contributed by atoms with E-state index in [-0.39, 0.29) is 5.54 Å². The Morgan fingerprint density at radius 3 is 2.58 bits per heavy atom. The Labute approximate surface area is 71.6 Å². The smallest absolute Gasteiger partial charge is 0.170 e. The molecule has 1 heterocycles. The van der Waals surface area contributed by atoms with E-state index in [1.165, 1.54) is 12.8 Å². The lowest BCUT2D eigenvalue weighted by Gasteiger charge is -2.18. The van der Waals surface area contributed by atoms with E-state index >= 15 is 0 Å². The lowest BCUT2D eigenvalue weighted by Crippen LogP contribution is -2.34. The molecule has 2 rings (SSSR count). The summed E-state index contributed by atoms with van der Waals surface area (Å²) in [4.78, 5) is 4.27. The summed E-state index contributed by atoms with van der Waals surface area (Å²) in [5.41, 5.74) is 5.90. The zero-order valence-corrected chi connectivity index (χ0v) is 7.30. The Balaban J connectivity index is 2.28. The van der Waals surface area contributed by atoms with Crippen molar-refractivity contribution in [3.63, 3.8) is 0 Å². The minimum absolute atomic E-state index is 0.245. The highest BCUT2D eigenvalue weighted by Crippen LogP contribution is 2.33. The molecule has 1 aliphatic rings. The van der Waals surface area contributed by atoms with Gasteiger partial charge in [-0.3, -0.25) is 5.10 Å². The molecule has 4 nitrogen and oxygen atoms in total. The molecular weight excluding hydrogens is 152 g/mol. The van der Waals surface area contributed by atoms with Crippen LogP contribution in [0.4, 0.5) is 0 Å². The van der Waals surface area contributed by atoms with E-state index < -0.39 is 0 Å². The van der Waals surface area contributed by atoms with Gasteiger partial charge in [-0.2, -0.15) is 5.10 Å². The van der Waals surface area contributed by atoms with Gasteiger partial charge in [0.25, 0.3) is 0 Å². The maximum Gasteiger partial charge on any atom is 0.170 e. The topological polar surface area (TPSA) is 67.6 Å². The van der Waals surface area contributed by atoms with Crippen LogP contribution in [-0.2, 0) is 5.54 Å². The first kappa shape index (κ1) is 7.73. The molecule has 0 radical (unpaired) electrons. The first-order chi connectivity index (χ1) is 5.71. The normalized spacial score (nSPS) is 21.5. The van der Waals surface area contributed by atoms with Gasteiger partial charge in [0.05, 0.1) is 5.54 Å². The third-order valence-electron chi connectivity index (χ3n) is 2.54. The number of aromatic amines is 1. The van der Waals surface area contributed by atoms with Crippen molar-refractivity contribution < 1.29 is 0 Å². The molecule has 1 aromatic heterocycles. The van der Waals surface area contributed by atoms with Gasteiger partial charge in [-0.05, 0) is 19.8 Å². The largest absolute Gasteiger partial charge is 0.319 e. The van der Waals surface area contributed by atoms with Gasteiger partial charge < -0.3 is 5.73 Å². The first-order valence-corrected chi connectivity index (χ1v) is 4.39. The van der Waals surface area contributed by atoms with E-state index in [1.807, 2.05) is 6.92 Å². The van der Waals surface area contributed by atoms with Crippen LogP contribution in [0.25, 0.3) is 0 Å². The van der Waals surface area contributed by atoms with Gasteiger partial charge in [-0.1, -0.05) is 12.8 Å². The third kappa shape index (κ3) is 1.12. The molecule has 1 saturated carbocycles. The van der Waals surface area contributed by atoms with E-state index in [0.29, 0.717) is 0 Å². The highest BCUT2D eigenvalue weighted by Gasteiger charge is 2.34. The summed E-state index contributed by atoms with van der Waals surface area (Å²) in [6, 6.07) is 0. The number of nitrogens with one attached hydrogen (secondary N) is 1. The van der Waals surface area contributed by atoms with Crippen molar-refractivity contribution in [2.45, 2.75) is 38.1 Å².